The van der Waals surface area contributed by atoms with Gasteiger partial charge in [-0.25, -0.2) is 0 Å². The fourth-order valence-electron chi connectivity index (χ4n) is 8.50. The molecule has 5 aliphatic rings. The number of carbonyl (C=O) groups excluding carboxylic acids is 1. The van der Waals surface area contributed by atoms with Crippen molar-refractivity contribution in [1.82, 2.24) is 0 Å². The molecule has 0 heterocycles. The molecular weight excluding hydrogens is 360 g/mol. The Balaban J connectivity index is 1.37. The highest BCUT2D eigenvalue weighted by atomic mass is 16.7. The number of ketones is 1. The van der Waals surface area contributed by atoms with Crippen LogP contribution in [-0.2, 0) is 14.3 Å². The van der Waals surface area contributed by atoms with Gasteiger partial charge in [-0.15, -0.1) is 0 Å². The van der Waals surface area contributed by atoms with Gasteiger partial charge >= 0.3 is 0 Å². The first kappa shape index (κ1) is 20.2. The molecule has 0 aromatic rings. The maximum atomic E-state index is 12.0. The number of ether oxygens (including phenoxy) is 2. The third-order valence-corrected chi connectivity index (χ3v) is 10.3. The number of fused-ring (bicyclic) bond motifs is 5. The lowest BCUT2D eigenvalue weighted by Crippen LogP contribution is -2.54. The second-order valence-corrected chi connectivity index (χ2v) is 11.4. The zero-order chi connectivity index (χ0) is 20.3. The van der Waals surface area contributed by atoms with Crippen molar-refractivity contribution in [2.45, 2.75) is 103 Å². The van der Waals surface area contributed by atoms with Gasteiger partial charge in [0.2, 0.25) is 0 Å². The second kappa shape index (κ2) is 7.19. The first-order valence-corrected chi connectivity index (χ1v) is 12.4. The topological polar surface area (TPSA) is 35.5 Å². The predicted octanol–water partition coefficient (Wildman–Crippen LogP) is 6.07. The van der Waals surface area contributed by atoms with Crippen LogP contribution in [0.2, 0.25) is 0 Å². The first-order chi connectivity index (χ1) is 13.9. The third kappa shape index (κ3) is 3.09. The van der Waals surface area contributed by atoms with Gasteiger partial charge in [0, 0.05) is 26.4 Å². The number of carbonyl (C=O) groups is 1. The Morgan fingerprint density at radius 3 is 2.48 bits per heavy atom. The SMILES string of the molecule is COC1(O[C@H]2CC[C@H]3[C@@H]4CC[C@@H]5CC(=O)C=C[C@]5(C)[C@H]4CC[C@]23C)CCCCC1. The second-order valence-electron chi connectivity index (χ2n) is 11.4. The van der Waals surface area contributed by atoms with Crippen LogP contribution in [0.15, 0.2) is 12.2 Å². The van der Waals surface area contributed by atoms with E-state index in [0.717, 1.165) is 37.0 Å². The van der Waals surface area contributed by atoms with E-state index in [2.05, 4.69) is 19.9 Å². The highest BCUT2D eigenvalue weighted by molar-refractivity contribution is 5.91. The zero-order valence-corrected chi connectivity index (χ0v) is 18.8. The minimum Gasteiger partial charge on any atom is -0.353 e. The summed E-state index contributed by atoms with van der Waals surface area (Å²) in [7, 11) is 1.86. The Morgan fingerprint density at radius 1 is 0.931 bits per heavy atom. The van der Waals surface area contributed by atoms with Gasteiger partial charge in [-0.05, 0) is 91.9 Å². The van der Waals surface area contributed by atoms with Gasteiger partial charge in [0.05, 0.1) is 6.10 Å². The van der Waals surface area contributed by atoms with E-state index in [1.54, 1.807) is 0 Å². The van der Waals surface area contributed by atoms with Crippen LogP contribution in [0.25, 0.3) is 0 Å². The van der Waals surface area contributed by atoms with Crippen molar-refractivity contribution in [1.29, 1.82) is 0 Å². The summed E-state index contributed by atoms with van der Waals surface area (Å²) in [4.78, 5) is 12.0. The van der Waals surface area contributed by atoms with E-state index < -0.39 is 0 Å². The average Bonchev–Trinajstić information content (AvgIpc) is 3.05. The molecule has 29 heavy (non-hydrogen) atoms. The zero-order valence-electron chi connectivity index (χ0n) is 18.8. The fraction of sp³-hybridized carbons (Fsp3) is 0.885. The van der Waals surface area contributed by atoms with Crippen molar-refractivity contribution in [3.05, 3.63) is 12.2 Å². The highest BCUT2D eigenvalue weighted by Gasteiger charge is 2.60. The van der Waals surface area contributed by atoms with Crippen molar-refractivity contribution in [3.8, 4) is 0 Å². The Morgan fingerprint density at radius 2 is 1.72 bits per heavy atom. The smallest absolute Gasteiger partial charge is 0.168 e. The predicted molar refractivity (Wildman–Crippen MR) is 114 cm³/mol. The van der Waals surface area contributed by atoms with Crippen LogP contribution >= 0.6 is 0 Å². The molecule has 0 radical (unpaired) electrons. The molecule has 4 saturated carbocycles. The van der Waals surface area contributed by atoms with Gasteiger partial charge in [-0.2, -0.15) is 0 Å². The van der Waals surface area contributed by atoms with Gasteiger partial charge in [-0.3, -0.25) is 4.79 Å². The van der Waals surface area contributed by atoms with E-state index in [4.69, 9.17) is 9.47 Å². The summed E-state index contributed by atoms with van der Waals surface area (Å²) >= 11 is 0. The molecule has 0 N–H and O–H groups in total. The lowest BCUT2D eigenvalue weighted by molar-refractivity contribution is -0.280. The molecule has 0 unspecified atom stereocenters. The standard InChI is InChI=1S/C26H40O3/c1-24-15-11-19(27)17-18(24)7-8-20-21-9-10-23(25(21,2)16-12-22(20)24)29-26(28-3)13-5-4-6-14-26/h11,15,18,20-23H,4-10,12-14,16-17H2,1-3H3/t18-,20+,21+,22+,23+,24+,25+/m1/s1. The molecule has 0 aromatic carbocycles. The van der Waals surface area contributed by atoms with E-state index >= 15 is 0 Å². The fourth-order valence-corrected chi connectivity index (χ4v) is 8.50. The molecule has 7 atom stereocenters. The summed E-state index contributed by atoms with van der Waals surface area (Å²) in [6.45, 7) is 5.00. The van der Waals surface area contributed by atoms with Crippen LogP contribution < -0.4 is 0 Å². The Kier molecular flexibility index (Phi) is 5.02. The summed E-state index contributed by atoms with van der Waals surface area (Å²) < 4.78 is 12.9. The van der Waals surface area contributed by atoms with E-state index in [-0.39, 0.29) is 11.2 Å². The molecular formula is C26H40O3. The summed E-state index contributed by atoms with van der Waals surface area (Å²) in [6, 6.07) is 0. The number of rotatable bonds is 3. The molecule has 0 saturated heterocycles. The van der Waals surface area contributed by atoms with E-state index in [9.17, 15) is 4.79 Å². The molecule has 5 rings (SSSR count). The maximum Gasteiger partial charge on any atom is 0.168 e. The van der Waals surface area contributed by atoms with E-state index in [1.165, 1.54) is 57.8 Å². The van der Waals surface area contributed by atoms with Crippen molar-refractivity contribution in [2.75, 3.05) is 7.11 Å². The lowest BCUT2D eigenvalue weighted by Gasteiger charge is -2.59. The van der Waals surface area contributed by atoms with Gasteiger partial charge in [0.1, 0.15) is 0 Å². The molecule has 0 amide bonds. The van der Waals surface area contributed by atoms with Crippen molar-refractivity contribution in [2.24, 2.45) is 34.5 Å². The van der Waals surface area contributed by atoms with Crippen LogP contribution in [0.5, 0.6) is 0 Å². The molecule has 162 valence electrons. The van der Waals surface area contributed by atoms with Crippen molar-refractivity contribution >= 4 is 5.78 Å². The molecule has 0 aromatic heterocycles. The molecule has 0 spiro atoms. The van der Waals surface area contributed by atoms with Crippen molar-refractivity contribution in [3.63, 3.8) is 0 Å². The van der Waals surface area contributed by atoms with E-state index in [0.29, 0.717) is 23.2 Å². The molecule has 3 heteroatoms. The number of methoxy groups -OCH3 is 1. The first-order valence-electron chi connectivity index (χ1n) is 12.4. The largest absolute Gasteiger partial charge is 0.353 e. The molecule has 3 nitrogen and oxygen atoms in total. The normalized spacial score (nSPS) is 48.7. The molecule has 0 bridgehead atoms. The number of hydrogen-bond acceptors (Lipinski definition) is 3. The third-order valence-electron chi connectivity index (χ3n) is 10.3. The number of hydrogen-bond donors (Lipinski definition) is 0. The average molecular weight is 401 g/mol. The van der Waals surface area contributed by atoms with E-state index in [1.807, 2.05) is 13.2 Å². The Bertz CT molecular complexity index is 677. The molecule has 0 aliphatic heterocycles. The van der Waals surface area contributed by atoms with Crippen molar-refractivity contribution < 1.29 is 14.3 Å². The lowest BCUT2D eigenvalue weighted by atomic mass is 9.46. The summed E-state index contributed by atoms with van der Waals surface area (Å²) in [5.41, 5.74) is 0.524. The van der Waals surface area contributed by atoms with Crippen LogP contribution in [0.4, 0.5) is 0 Å². The number of allylic oxidation sites excluding steroid dienone is 2. The Labute approximate surface area is 177 Å². The van der Waals surface area contributed by atoms with Crippen LogP contribution in [0, 0.1) is 34.5 Å². The Hall–Kier alpha value is -0.670. The quantitative estimate of drug-likeness (QED) is 0.540. The van der Waals surface area contributed by atoms with Crippen LogP contribution in [0.3, 0.4) is 0 Å². The molecule has 5 aliphatic carbocycles. The molecule has 4 fully saturated rings. The monoisotopic (exact) mass is 400 g/mol. The minimum atomic E-state index is -0.326. The maximum absolute atomic E-state index is 12.0. The highest BCUT2D eigenvalue weighted by Crippen LogP contribution is 2.66. The summed E-state index contributed by atoms with van der Waals surface area (Å²) in [6.07, 6.45) is 18.9. The summed E-state index contributed by atoms with van der Waals surface area (Å²) in [5, 5.41) is 0. The minimum absolute atomic E-state index is 0.230. The van der Waals surface area contributed by atoms with Crippen LogP contribution in [0.1, 0.15) is 90.9 Å². The van der Waals surface area contributed by atoms with Gasteiger partial charge in [0.25, 0.3) is 0 Å². The van der Waals surface area contributed by atoms with Crippen LogP contribution in [-0.4, -0.2) is 24.8 Å². The van der Waals surface area contributed by atoms with Gasteiger partial charge in [-0.1, -0.05) is 26.3 Å². The van der Waals surface area contributed by atoms with Gasteiger partial charge < -0.3 is 9.47 Å². The summed E-state index contributed by atoms with van der Waals surface area (Å²) in [5.74, 6) is 2.90. The van der Waals surface area contributed by atoms with Gasteiger partial charge in [0.15, 0.2) is 11.6 Å².